The SMILES string of the molecule is CSCCC(NC(=O)C(CC(C)C)NC(=O)C(NC(=O)CN)C(C)O)C(=O)O. The van der Waals surface area contributed by atoms with Crippen LogP contribution in [-0.2, 0) is 19.2 Å². The second kappa shape index (κ2) is 13.3. The van der Waals surface area contributed by atoms with Gasteiger partial charge in [0.15, 0.2) is 0 Å². The Balaban J connectivity index is 5.27. The molecule has 0 radical (unpaired) electrons. The fourth-order valence-corrected chi connectivity index (χ4v) is 2.84. The molecule has 10 nitrogen and oxygen atoms in total. The van der Waals surface area contributed by atoms with E-state index < -0.39 is 47.9 Å². The number of nitrogens with two attached hydrogens (primary N) is 1. The lowest BCUT2D eigenvalue weighted by atomic mass is 10.0. The van der Waals surface area contributed by atoms with Gasteiger partial charge in [0.2, 0.25) is 17.7 Å². The number of nitrogens with one attached hydrogen (secondary N) is 3. The summed E-state index contributed by atoms with van der Waals surface area (Å²) < 4.78 is 0. The summed E-state index contributed by atoms with van der Waals surface area (Å²) in [6.07, 6.45) is 1.11. The zero-order valence-electron chi connectivity index (χ0n) is 16.7. The molecule has 0 aliphatic rings. The van der Waals surface area contributed by atoms with Crippen LogP contribution in [0.4, 0.5) is 0 Å². The van der Waals surface area contributed by atoms with E-state index in [2.05, 4.69) is 16.0 Å². The highest BCUT2D eigenvalue weighted by Gasteiger charge is 2.31. The number of aliphatic hydroxyl groups excluding tert-OH is 1. The summed E-state index contributed by atoms with van der Waals surface area (Å²) >= 11 is 1.46. The van der Waals surface area contributed by atoms with Crippen molar-refractivity contribution in [1.29, 1.82) is 0 Å². The number of aliphatic hydroxyl groups is 1. The summed E-state index contributed by atoms with van der Waals surface area (Å²) in [4.78, 5) is 47.9. The first-order valence-electron chi connectivity index (χ1n) is 9.03. The van der Waals surface area contributed by atoms with Crippen LogP contribution in [0.15, 0.2) is 0 Å². The second-order valence-corrected chi connectivity index (χ2v) is 7.85. The van der Waals surface area contributed by atoms with Gasteiger partial charge in [-0.05, 0) is 37.7 Å². The Morgan fingerprint density at radius 1 is 1.00 bits per heavy atom. The molecule has 0 fully saturated rings. The van der Waals surface area contributed by atoms with Gasteiger partial charge >= 0.3 is 5.97 Å². The van der Waals surface area contributed by atoms with E-state index in [-0.39, 0.29) is 25.3 Å². The molecule has 0 saturated carbocycles. The highest BCUT2D eigenvalue weighted by atomic mass is 32.2. The van der Waals surface area contributed by atoms with Crippen LogP contribution in [0.1, 0.15) is 33.6 Å². The quantitative estimate of drug-likeness (QED) is 0.213. The first kappa shape index (κ1) is 26.1. The lowest BCUT2D eigenvalue weighted by Crippen LogP contribution is -2.59. The van der Waals surface area contributed by atoms with Gasteiger partial charge in [-0.2, -0.15) is 11.8 Å². The molecular weight excluding hydrogens is 388 g/mol. The Hall–Kier alpha value is -1.85. The second-order valence-electron chi connectivity index (χ2n) is 6.86. The molecule has 0 spiro atoms. The van der Waals surface area contributed by atoms with Crippen molar-refractivity contribution in [3.8, 4) is 0 Å². The third kappa shape index (κ3) is 9.90. The minimum Gasteiger partial charge on any atom is -0.480 e. The summed E-state index contributed by atoms with van der Waals surface area (Å²) in [7, 11) is 0. The molecule has 0 aromatic heterocycles. The summed E-state index contributed by atoms with van der Waals surface area (Å²) in [6, 6.07) is -3.37. The molecule has 11 heteroatoms. The van der Waals surface area contributed by atoms with E-state index in [0.717, 1.165) is 0 Å². The highest BCUT2D eigenvalue weighted by Crippen LogP contribution is 2.08. The number of carbonyl (C=O) groups is 4. The van der Waals surface area contributed by atoms with Crippen LogP contribution in [0.3, 0.4) is 0 Å². The maximum atomic E-state index is 12.6. The fraction of sp³-hybridized carbons (Fsp3) is 0.765. The topological polar surface area (TPSA) is 171 Å². The van der Waals surface area contributed by atoms with Gasteiger partial charge in [-0.3, -0.25) is 14.4 Å². The Kier molecular flexibility index (Phi) is 12.5. The maximum Gasteiger partial charge on any atom is 0.326 e. The van der Waals surface area contributed by atoms with E-state index in [1.165, 1.54) is 18.7 Å². The van der Waals surface area contributed by atoms with Crippen molar-refractivity contribution in [1.82, 2.24) is 16.0 Å². The Morgan fingerprint density at radius 3 is 2.00 bits per heavy atom. The Bertz CT molecular complexity index is 544. The zero-order valence-corrected chi connectivity index (χ0v) is 17.5. The molecular formula is C17H32N4O6S. The minimum absolute atomic E-state index is 0.0224. The normalized spacial score (nSPS) is 15.2. The van der Waals surface area contributed by atoms with Gasteiger partial charge in [0.1, 0.15) is 18.1 Å². The third-order valence-electron chi connectivity index (χ3n) is 3.83. The van der Waals surface area contributed by atoms with Crippen LogP contribution in [-0.4, -0.2) is 76.7 Å². The first-order valence-corrected chi connectivity index (χ1v) is 10.4. The lowest BCUT2D eigenvalue weighted by molar-refractivity contribution is -0.142. The summed E-state index contributed by atoms with van der Waals surface area (Å²) in [6.45, 7) is 4.65. The smallest absolute Gasteiger partial charge is 0.326 e. The van der Waals surface area contributed by atoms with Crippen LogP contribution < -0.4 is 21.7 Å². The molecule has 0 aromatic carbocycles. The van der Waals surface area contributed by atoms with Gasteiger partial charge in [-0.25, -0.2) is 4.79 Å². The number of carboxylic acids is 1. The van der Waals surface area contributed by atoms with Crippen molar-refractivity contribution < 1.29 is 29.4 Å². The van der Waals surface area contributed by atoms with E-state index in [0.29, 0.717) is 5.75 Å². The molecule has 4 atom stereocenters. The van der Waals surface area contributed by atoms with E-state index in [1.807, 2.05) is 20.1 Å². The molecule has 7 N–H and O–H groups in total. The molecule has 0 bridgehead atoms. The van der Waals surface area contributed by atoms with Crippen LogP contribution in [0.25, 0.3) is 0 Å². The highest BCUT2D eigenvalue weighted by molar-refractivity contribution is 7.98. The van der Waals surface area contributed by atoms with Gasteiger partial charge in [0, 0.05) is 0 Å². The standard InChI is InChI=1S/C17H32N4O6S/c1-9(2)7-12(15(24)19-11(17(26)27)5-6-28-4)20-16(25)14(10(3)22)21-13(23)8-18/h9-12,14,22H,5-8,18H2,1-4H3,(H,19,24)(H,20,25)(H,21,23)(H,26,27). The van der Waals surface area contributed by atoms with E-state index in [9.17, 15) is 29.4 Å². The molecule has 4 unspecified atom stereocenters. The molecule has 3 amide bonds. The molecule has 28 heavy (non-hydrogen) atoms. The van der Waals surface area contributed by atoms with Crippen LogP contribution in [0, 0.1) is 5.92 Å². The number of carboxylic acid groups (broad SMARTS) is 1. The van der Waals surface area contributed by atoms with Crippen molar-refractivity contribution in [3.63, 3.8) is 0 Å². The largest absolute Gasteiger partial charge is 0.480 e. The molecule has 162 valence electrons. The third-order valence-corrected chi connectivity index (χ3v) is 4.48. The van der Waals surface area contributed by atoms with Crippen molar-refractivity contribution in [2.45, 2.75) is 57.8 Å². The fourth-order valence-electron chi connectivity index (χ4n) is 2.37. The number of aliphatic carboxylic acids is 1. The number of hydrogen-bond donors (Lipinski definition) is 6. The summed E-state index contributed by atoms with van der Waals surface area (Å²) in [5, 5.41) is 26.3. The average molecular weight is 421 g/mol. The van der Waals surface area contributed by atoms with Crippen molar-refractivity contribution in [3.05, 3.63) is 0 Å². The van der Waals surface area contributed by atoms with Gasteiger partial charge in [-0.1, -0.05) is 13.8 Å². The van der Waals surface area contributed by atoms with E-state index >= 15 is 0 Å². The van der Waals surface area contributed by atoms with Gasteiger partial charge < -0.3 is 31.9 Å². The van der Waals surface area contributed by atoms with Crippen molar-refractivity contribution in [2.75, 3.05) is 18.6 Å². The number of hydrogen-bond acceptors (Lipinski definition) is 7. The predicted octanol–water partition coefficient (Wildman–Crippen LogP) is -1.34. The monoisotopic (exact) mass is 420 g/mol. The number of thioether (sulfide) groups is 1. The van der Waals surface area contributed by atoms with Crippen LogP contribution >= 0.6 is 11.8 Å². The van der Waals surface area contributed by atoms with Gasteiger partial charge in [-0.15, -0.1) is 0 Å². The van der Waals surface area contributed by atoms with Crippen molar-refractivity contribution in [2.24, 2.45) is 11.7 Å². The number of rotatable bonds is 13. The number of amides is 3. The molecule has 0 saturated heterocycles. The zero-order chi connectivity index (χ0) is 21.9. The molecule has 0 aromatic rings. The molecule has 0 aliphatic heterocycles. The van der Waals surface area contributed by atoms with E-state index in [4.69, 9.17) is 5.73 Å². The van der Waals surface area contributed by atoms with Crippen LogP contribution in [0.5, 0.6) is 0 Å². The summed E-state index contributed by atoms with van der Waals surface area (Å²) in [5.74, 6) is -2.61. The van der Waals surface area contributed by atoms with Crippen molar-refractivity contribution >= 4 is 35.5 Å². The molecule has 0 rings (SSSR count). The average Bonchev–Trinajstić information content (AvgIpc) is 2.60. The summed E-state index contributed by atoms with van der Waals surface area (Å²) in [5.41, 5.74) is 5.21. The maximum absolute atomic E-state index is 12.6. The predicted molar refractivity (Wildman–Crippen MR) is 107 cm³/mol. The Labute approximate surface area is 169 Å². The molecule has 0 heterocycles. The number of carbonyl (C=O) groups excluding carboxylic acids is 3. The first-order chi connectivity index (χ1) is 13.0. The van der Waals surface area contributed by atoms with E-state index in [1.54, 1.807) is 0 Å². The minimum atomic E-state index is -1.29. The van der Waals surface area contributed by atoms with Gasteiger partial charge in [0.05, 0.1) is 12.6 Å². The van der Waals surface area contributed by atoms with Crippen LogP contribution in [0.2, 0.25) is 0 Å². The lowest BCUT2D eigenvalue weighted by Gasteiger charge is -2.26. The molecule has 0 aliphatic carbocycles. The van der Waals surface area contributed by atoms with Gasteiger partial charge in [0.25, 0.3) is 0 Å². The Morgan fingerprint density at radius 2 is 1.57 bits per heavy atom.